The number of nitrogens with zero attached hydrogens (tertiary/aromatic N) is 1. The van der Waals surface area contributed by atoms with E-state index in [9.17, 15) is 0 Å². The third-order valence-corrected chi connectivity index (χ3v) is 4.61. The van der Waals surface area contributed by atoms with E-state index in [2.05, 4.69) is 4.98 Å². The molecule has 6 heteroatoms. The van der Waals surface area contributed by atoms with Crippen LogP contribution in [0.3, 0.4) is 0 Å². The summed E-state index contributed by atoms with van der Waals surface area (Å²) in [4.78, 5) is 5.20. The van der Waals surface area contributed by atoms with Gasteiger partial charge >= 0.3 is 0 Å². The van der Waals surface area contributed by atoms with Gasteiger partial charge in [0.15, 0.2) is 5.58 Å². The SMILES string of the molecule is Cc1csc(-c2nc3cc(Cl)c(N)cc3o2)c1Cl. The highest BCUT2D eigenvalue weighted by molar-refractivity contribution is 7.14. The first kappa shape index (κ1) is 11.8. The molecule has 0 aliphatic heterocycles. The molecule has 1 aromatic carbocycles. The van der Waals surface area contributed by atoms with Gasteiger partial charge in [0.05, 0.1) is 15.7 Å². The molecule has 0 aliphatic rings. The second kappa shape index (κ2) is 4.16. The fourth-order valence-electron chi connectivity index (χ4n) is 1.64. The molecule has 0 atom stereocenters. The van der Waals surface area contributed by atoms with Crippen LogP contribution in [0.1, 0.15) is 5.56 Å². The Morgan fingerprint density at radius 1 is 1.33 bits per heavy atom. The summed E-state index contributed by atoms with van der Waals surface area (Å²) in [5.41, 5.74) is 8.49. The van der Waals surface area contributed by atoms with E-state index in [1.807, 2.05) is 12.3 Å². The number of fused-ring (bicyclic) bond motifs is 1. The average Bonchev–Trinajstić information content (AvgIpc) is 2.85. The van der Waals surface area contributed by atoms with Crippen LogP contribution in [0.25, 0.3) is 21.9 Å². The first-order chi connectivity index (χ1) is 8.56. The molecular formula is C12H8Cl2N2OS. The van der Waals surface area contributed by atoms with E-state index in [-0.39, 0.29) is 0 Å². The highest BCUT2D eigenvalue weighted by atomic mass is 35.5. The minimum absolute atomic E-state index is 0.468. The quantitative estimate of drug-likeness (QED) is 0.659. The van der Waals surface area contributed by atoms with E-state index in [4.69, 9.17) is 33.4 Å². The predicted molar refractivity (Wildman–Crippen MR) is 76.5 cm³/mol. The molecular weight excluding hydrogens is 291 g/mol. The number of hydrogen-bond donors (Lipinski definition) is 1. The molecule has 0 saturated carbocycles. The van der Waals surface area contributed by atoms with E-state index < -0.39 is 0 Å². The highest BCUT2D eigenvalue weighted by Gasteiger charge is 2.16. The van der Waals surface area contributed by atoms with Crippen LogP contribution in [0.5, 0.6) is 0 Å². The Morgan fingerprint density at radius 2 is 2.11 bits per heavy atom. The second-order valence-electron chi connectivity index (χ2n) is 3.92. The molecule has 3 nitrogen and oxygen atoms in total. The van der Waals surface area contributed by atoms with Crippen LogP contribution >= 0.6 is 34.5 Å². The molecule has 2 aromatic heterocycles. The number of benzene rings is 1. The number of anilines is 1. The van der Waals surface area contributed by atoms with Crippen LogP contribution in [0.2, 0.25) is 10.0 Å². The summed E-state index contributed by atoms with van der Waals surface area (Å²) in [7, 11) is 0. The number of aromatic nitrogens is 1. The van der Waals surface area contributed by atoms with Gasteiger partial charge in [0.25, 0.3) is 0 Å². The van der Waals surface area contributed by atoms with Crippen molar-refractivity contribution in [1.82, 2.24) is 4.98 Å². The fraction of sp³-hybridized carbons (Fsp3) is 0.0833. The smallest absolute Gasteiger partial charge is 0.239 e. The number of halogens is 2. The molecule has 0 spiro atoms. The van der Waals surface area contributed by atoms with Crippen LogP contribution in [-0.2, 0) is 0 Å². The summed E-state index contributed by atoms with van der Waals surface area (Å²) in [6, 6.07) is 3.36. The third kappa shape index (κ3) is 1.77. The standard InChI is InChI=1S/C12H8Cl2N2OS/c1-5-4-18-11(10(5)14)12-16-8-2-6(13)7(15)3-9(8)17-12/h2-4H,15H2,1H3. The fourth-order valence-corrected chi connectivity index (χ4v) is 2.99. The molecule has 3 rings (SSSR count). The number of thiophene rings is 1. The van der Waals surface area contributed by atoms with Gasteiger partial charge in [0, 0.05) is 6.07 Å². The number of nitrogens with two attached hydrogens (primary N) is 1. The zero-order valence-electron chi connectivity index (χ0n) is 9.33. The van der Waals surface area contributed by atoms with Crippen molar-refractivity contribution in [2.45, 2.75) is 6.92 Å². The van der Waals surface area contributed by atoms with E-state index in [0.717, 1.165) is 10.4 Å². The van der Waals surface area contributed by atoms with Gasteiger partial charge in [-0.1, -0.05) is 23.2 Å². The molecule has 0 unspecified atom stereocenters. The molecule has 0 aliphatic carbocycles. The molecule has 0 saturated heterocycles. The first-order valence-corrected chi connectivity index (χ1v) is 6.79. The number of oxazole rings is 1. The minimum Gasteiger partial charge on any atom is -0.435 e. The van der Waals surface area contributed by atoms with Gasteiger partial charge in [-0.2, -0.15) is 0 Å². The Bertz CT molecular complexity index is 709. The van der Waals surface area contributed by atoms with E-state index in [0.29, 0.717) is 32.7 Å². The van der Waals surface area contributed by atoms with Crippen LogP contribution in [-0.4, -0.2) is 4.98 Å². The lowest BCUT2D eigenvalue weighted by Crippen LogP contribution is -1.84. The van der Waals surface area contributed by atoms with Crippen molar-refractivity contribution in [2.24, 2.45) is 0 Å². The average molecular weight is 299 g/mol. The number of hydrogen-bond acceptors (Lipinski definition) is 4. The van der Waals surface area contributed by atoms with Crippen LogP contribution in [0.15, 0.2) is 21.9 Å². The van der Waals surface area contributed by atoms with Crippen molar-refractivity contribution in [3.63, 3.8) is 0 Å². The maximum absolute atomic E-state index is 6.19. The van der Waals surface area contributed by atoms with Gasteiger partial charge in [-0.05, 0) is 23.9 Å². The lowest BCUT2D eigenvalue weighted by atomic mass is 10.3. The Morgan fingerprint density at radius 3 is 2.78 bits per heavy atom. The van der Waals surface area contributed by atoms with Gasteiger partial charge < -0.3 is 10.2 Å². The lowest BCUT2D eigenvalue weighted by Gasteiger charge is -1.94. The first-order valence-electron chi connectivity index (χ1n) is 5.16. The van der Waals surface area contributed by atoms with Gasteiger partial charge in [0.2, 0.25) is 5.89 Å². The zero-order chi connectivity index (χ0) is 12.9. The van der Waals surface area contributed by atoms with Crippen molar-refractivity contribution >= 4 is 51.3 Å². The number of rotatable bonds is 1. The van der Waals surface area contributed by atoms with Gasteiger partial charge in [-0.3, -0.25) is 0 Å². The summed E-state index contributed by atoms with van der Waals surface area (Å²) in [5.74, 6) is 0.495. The molecule has 0 bridgehead atoms. The molecule has 2 heterocycles. The molecule has 2 N–H and O–H groups in total. The topological polar surface area (TPSA) is 52.0 Å². The van der Waals surface area contributed by atoms with Gasteiger partial charge in [-0.25, -0.2) is 4.98 Å². The van der Waals surface area contributed by atoms with E-state index in [1.54, 1.807) is 12.1 Å². The van der Waals surface area contributed by atoms with Crippen LogP contribution < -0.4 is 5.73 Å². The molecule has 0 radical (unpaired) electrons. The monoisotopic (exact) mass is 298 g/mol. The van der Waals surface area contributed by atoms with Crippen molar-refractivity contribution in [2.75, 3.05) is 5.73 Å². The number of aryl methyl sites for hydroxylation is 1. The summed E-state index contributed by atoms with van der Waals surface area (Å²) < 4.78 is 5.66. The third-order valence-electron chi connectivity index (χ3n) is 2.60. The number of nitrogen functional groups attached to an aromatic ring is 1. The maximum Gasteiger partial charge on any atom is 0.239 e. The Hall–Kier alpha value is -1.23. The highest BCUT2D eigenvalue weighted by Crippen LogP contribution is 2.38. The molecule has 18 heavy (non-hydrogen) atoms. The van der Waals surface area contributed by atoms with E-state index >= 15 is 0 Å². The van der Waals surface area contributed by atoms with Crippen LogP contribution in [0, 0.1) is 6.92 Å². The molecule has 3 aromatic rings. The second-order valence-corrected chi connectivity index (χ2v) is 5.59. The summed E-state index contributed by atoms with van der Waals surface area (Å²) >= 11 is 13.6. The molecule has 92 valence electrons. The lowest BCUT2D eigenvalue weighted by molar-refractivity contribution is 0.622. The largest absolute Gasteiger partial charge is 0.435 e. The Balaban J connectivity index is 2.22. The summed E-state index contributed by atoms with van der Waals surface area (Å²) in [6.07, 6.45) is 0. The molecule has 0 fully saturated rings. The van der Waals surface area contributed by atoms with Crippen molar-refractivity contribution in [3.05, 3.63) is 33.1 Å². The Kier molecular flexibility index (Phi) is 2.73. The normalized spacial score (nSPS) is 11.3. The van der Waals surface area contributed by atoms with Gasteiger partial charge in [0.1, 0.15) is 10.4 Å². The van der Waals surface area contributed by atoms with Crippen molar-refractivity contribution < 1.29 is 4.42 Å². The van der Waals surface area contributed by atoms with Crippen molar-refractivity contribution in [1.29, 1.82) is 0 Å². The van der Waals surface area contributed by atoms with Gasteiger partial charge in [-0.15, -0.1) is 11.3 Å². The summed E-state index contributed by atoms with van der Waals surface area (Å²) in [6.45, 7) is 1.94. The van der Waals surface area contributed by atoms with E-state index in [1.165, 1.54) is 11.3 Å². The predicted octanol–water partition coefficient (Wildman–Crippen LogP) is 4.75. The minimum atomic E-state index is 0.468. The maximum atomic E-state index is 6.19. The molecule has 0 amide bonds. The Labute approximate surface area is 117 Å². The van der Waals surface area contributed by atoms with Crippen LogP contribution in [0.4, 0.5) is 5.69 Å². The zero-order valence-corrected chi connectivity index (χ0v) is 11.7. The summed E-state index contributed by atoms with van der Waals surface area (Å²) in [5, 5.41) is 3.11. The van der Waals surface area contributed by atoms with Crippen molar-refractivity contribution in [3.8, 4) is 10.8 Å².